The van der Waals surface area contributed by atoms with Crippen molar-refractivity contribution in [2.75, 3.05) is 18.0 Å². The summed E-state index contributed by atoms with van der Waals surface area (Å²) in [6.45, 7) is 6.21. The Morgan fingerprint density at radius 2 is 1.91 bits per heavy atom. The first kappa shape index (κ1) is 16.3. The number of rotatable bonds is 6. The first-order valence-electron chi connectivity index (χ1n) is 7.31. The molecule has 0 spiro atoms. The van der Waals surface area contributed by atoms with Crippen molar-refractivity contribution in [3.8, 4) is 0 Å². The van der Waals surface area contributed by atoms with Gasteiger partial charge < -0.3 is 4.90 Å². The number of aryl methyl sites for hydroxylation is 1. The minimum atomic E-state index is -0.196. The van der Waals surface area contributed by atoms with E-state index in [9.17, 15) is 4.79 Å². The van der Waals surface area contributed by atoms with Crippen LogP contribution < -0.4 is 4.90 Å². The molecule has 0 saturated carbocycles. The number of carbonyl (C=O) groups excluding carboxylic acids is 1. The van der Waals surface area contributed by atoms with Gasteiger partial charge in [-0.1, -0.05) is 29.8 Å². The minimum Gasteiger partial charge on any atom is -0.372 e. The summed E-state index contributed by atoms with van der Waals surface area (Å²) < 4.78 is 1.53. The molecule has 0 atom stereocenters. The van der Waals surface area contributed by atoms with Crippen molar-refractivity contribution in [2.24, 2.45) is 7.05 Å². The van der Waals surface area contributed by atoms with Crippen molar-refractivity contribution in [1.29, 1.82) is 0 Å². The van der Waals surface area contributed by atoms with E-state index in [2.05, 4.69) is 36.0 Å². The molecule has 0 aliphatic carbocycles. The molecule has 0 radical (unpaired) electrons. The Hall–Kier alpha value is -2.07. The van der Waals surface area contributed by atoms with Crippen LogP contribution in [0.5, 0.6) is 0 Å². The fourth-order valence-corrected chi connectivity index (χ4v) is 2.53. The highest BCUT2D eigenvalue weighted by Crippen LogP contribution is 2.17. The van der Waals surface area contributed by atoms with Crippen LogP contribution in [0.15, 0.2) is 36.5 Å². The molecule has 4 nitrogen and oxygen atoms in total. The fraction of sp³-hybridized carbons (Fsp3) is 0.294. The maximum absolute atomic E-state index is 12.1. The van der Waals surface area contributed by atoms with Crippen LogP contribution in [0.2, 0.25) is 5.02 Å². The number of hydrogen-bond donors (Lipinski definition) is 0. The summed E-state index contributed by atoms with van der Waals surface area (Å²) in [5, 5.41) is 4.43. The molecular formula is C17H20ClN3O. The maximum atomic E-state index is 12.1. The van der Waals surface area contributed by atoms with Gasteiger partial charge in [0.15, 0.2) is 5.69 Å². The third kappa shape index (κ3) is 3.77. The predicted octanol–water partition coefficient (Wildman–Crippen LogP) is 3.82. The molecule has 0 aliphatic heterocycles. The Morgan fingerprint density at radius 1 is 1.27 bits per heavy atom. The largest absolute Gasteiger partial charge is 0.372 e. The van der Waals surface area contributed by atoms with Crippen LogP contribution in [0.3, 0.4) is 0 Å². The molecule has 22 heavy (non-hydrogen) atoms. The molecule has 0 unspecified atom stereocenters. The van der Waals surface area contributed by atoms with Gasteiger partial charge in [0.05, 0.1) is 5.02 Å². The molecule has 1 heterocycles. The molecule has 0 N–H and O–H groups in total. The molecule has 2 aromatic rings. The summed E-state index contributed by atoms with van der Waals surface area (Å²) in [5.74, 6) is -0.196. The quantitative estimate of drug-likeness (QED) is 0.600. The lowest BCUT2D eigenvalue weighted by Crippen LogP contribution is -2.21. The van der Waals surface area contributed by atoms with Crippen LogP contribution in [-0.2, 0) is 7.05 Å². The van der Waals surface area contributed by atoms with Crippen LogP contribution in [0.4, 0.5) is 5.69 Å². The average Bonchev–Trinajstić information content (AvgIpc) is 2.86. The summed E-state index contributed by atoms with van der Waals surface area (Å²) in [6.07, 6.45) is 4.89. The molecule has 116 valence electrons. The van der Waals surface area contributed by atoms with Gasteiger partial charge in [-0.3, -0.25) is 9.48 Å². The molecule has 1 aromatic heterocycles. The lowest BCUT2D eigenvalue weighted by molar-refractivity contribution is 0.104. The number of carbonyl (C=O) groups is 1. The number of nitrogens with zero attached hydrogens (tertiary/aromatic N) is 3. The van der Waals surface area contributed by atoms with E-state index in [1.54, 1.807) is 19.3 Å². The van der Waals surface area contributed by atoms with Crippen LogP contribution >= 0.6 is 11.6 Å². The summed E-state index contributed by atoms with van der Waals surface area (Å²) in [5.41, 5.74) is 2.43. The van der Waals surface area contributed by atoms with Crippen molar-refractivity contribution < 1.29 is 4.79 Å². The van der Waals surface area contributed by atoms with E-state index in [1.165, 1.54) is 16.4 Å². The Kier molecular flexibility index (Phi) is 5.39. The highest BCUT2D eigenvalue weighted by atomic mass is 35.5. The highest BCUT2D eigenvalue weighted by molar-refractivity contribution is 6.34. The molecule has 0 saturated heterocycles. The van der Waals surface area contributed by atoms with Gasteiger partial charge >= 0.3 is 0 Å². The number of anilines is 1. The van der Waals surface area contributed by atoms with Crippen molar-refractivity contribution >= 4 is 29.1 Å². The predicted molar refractivity (Wildman–Crippen MR) is 91.6 cm³/mol. The maximum Gasteiger partial charge on any atom is 0.207 e. The second-order valence-corrected chi connectivity index (χ2v) is 5.37. The van der Waals surface area contributed by atoms with Crippen molar-refractivity contribution in [2.45, 2.75) is 13.8 Å². The summed E-state index contributed by atoms with van der Waals surface area (Å²) in [7, 11) is 1.73. The van der Waals surface area contributed by atoms with Gasteiger partial charge in [0.2, 0.25) is 5.78 Å². The fourth-order valence-electron chi connectivity index (χ4n) is 2.26. The van der Waals surface area contributed by atoms with Gasteiger partial charge in [-0.25, -0.2) is 0 Å². The lowest BCUT2D eigenvalue weighted by atomic mass is 10.1. The average molecular weight is 318 g/mol. The topological polar surface area (TPSA) is 38.1 Å². The molecule has 0 amide bonds. The first-order chi connectivity index (χ1) is 10.5. The molecule has 0 aliphatic rings. The second kappa shape index (κ2) is 7.27. The second-order valence-electron chi connectivity index (χ2n) is 4.96. The zero-order valence-electron chi connectivity index (χ0n) is 13.1. The van der Waals surface area contributed by atoms with E-state index in [-0.39, 0.29) is 11.5 Å². The zero-order valence-corrected chi connectivity index (χ0v) is 13.8. The SMILES string of the molecule is CCN(CC)c1ccc(/C=C/C(=O)c2nn(C)cc2Cl)cc1. The van der Waals surface area contributed by atoms with E-state index in [0.29, 0.717) is 5.02 Å². The number of ketones is 1. The number of allylic oxidation sites excluding steroid dienone is 1. The van der Waals surface area contributed by atoms with Gasteiger partial charge in [-0.15, -0.1) is 0 Å². The van der Waals surface area contributed by atoms with E-state index >= 15 is 0 Å². The van der Waals surface area contributed by atoms with Crippen LogP contribution in [0, 0.1) is 0 Å². The lowest BCUT2D eigenvalue weighted by Gasteiger charge is -2.20. The highest BCUT2D eigenvalue weighted by Gasteiger charge is 2.11. The van der Waals surface area contributed by atoms with Crippen LogP contribution in [0.1, 0.15) is 29.9 Å². The zero-order chi connectivity index (χ0) is 16.1. The normalized spacial score (nSPS) is 11.1. The summed E-state index contributed by atoms with van der Waals surface area (Å²) in [4.78, 5) is 14.3. The Bertz CT molecular complexity index is 670. The molecule has 0 fully saturated rings. The Balaban J connectivity index is 2.10. The number of aromatic nitrogens is 2. The summed E-state index contributed by atoms with van der Waals surface area (Å²) >= 11 is 5.97. The van der Waals surface area contributed by atoms with Gasteiger partial charge in [-0.05, 0) is 37.6 Å². The number of halogens is 1. The van der Waals surface area contributed by atoms with E-state index in [1.807, 2.05) is 12.1 Å². The molecular weight excluding hydrogens is 298 g/mol. The molecule has 0 bridgehead atoms. The summed E-state index contributed by atoms with van der Waals surface area (Å²) in [6, 6.07) is 8.12. The van der Waals surface area contributed by atoms with Gasteiger partial charge in [-0.2, -0.15) is 5.10 Å². The number of benzene rings is 1. The third-order valence-electron chi connectivity index (χ3n) is 3.47. The van der Waals surface area contributed by atoms with Gasteiger partial charge in [0.25, 0.3) is 0 Å². The minimum absolute atomic E-state index is 0.196. The first-order valence-corrected chi connectivity index (χ1v) is 7.69. The van der Waals surface area contributed by atoms with Crippen LogP contribution in [0.25, 0.3) is 6.08 Å². The monoisotopic (exact) mass is 317 g/mol. The molecule has 1 aromatic carbocycles. The van der Waals surface area contributed by atoms with Crippen molar-refractivity contribution in [3.63, 3.8) is 0 Å². The standard InChI is InChI=1S/C17H20ClN3O/c1-4-21(5-2)14-9-6-13(7-10-14)8-11-16(22)17-15(18)12-20(3)19-17/h6-12H,4-5H2,1-3H3/b11-8+. The van der Waals surface area contributed by atoms with Gasteiger partial charge in [0, 0.05) is 32.0 Å². The Morgan fingerprint density at radius 3 is 2.41 bits per heavy atom. The smallest absolute Gasteiger partial charge is 0.207 e. The van der Waals surface area contributed by atoms with Crippen molar-refractivity contribution in [3.05, 3.63) is 52.8 Å². The molecule has 2 rings (SSSR count). The van der Waals surface area contributed by atoms with E-state index in [4.69, 9.17) is 11.6 Å². The van der Waals surface area contributed by atoms with E-state index < -0.39 is 0 Å². The van der Waals surface area contributed by atoms with Gasteiger partial charge in [0.1, 0.15) is 0 Å². The van der Waals surface area contributed by atoms with E-state index in [0.717, 1.165) is 18.7 Å². The number of hydrogen-bond acceptors (Lipinski definition) is 3. The Labute approximate surface area is 136 Å². The third-order valence-corrected chi connectivity index (χ3v) is 3.74. The van der Waals surface area contributed by atoms with Crippen LogP contribution in [-0.4, -0.2) is 28.7 Å². The van der Waals surface area contributed by atoms with Crippen molar-refractivity contribution in [1.82, 2.24) is 9.78 Å². The molecule has 5 heteroatoms.